The first-order valence-corrected chi connectivity index (χ1v) is 15.3. The average Bonchev–Trinajstić information content (AvgIpc) is 3.56. The zero-order valence-electron chi connectivity index (χ0n) is 25.8. The molecule has 4 amide bonds. The summed E-state index contributed by atoms with van der Waals surface area (Å²) < 4.78 is 26.5. The van der Waals surface area contributed by atoms with Gasteiger partial charge in [-0.05, 0) is 54.6 Å². The van der Waals surface area contributed by atoms with Gasteiger partial charge in [0.15, 0.2) is 11.6 Å². The third-order valence-electron chi connectivity index (χ3n) is 9.49. The molecule has 0 radical (unpaired) electrons. The summed E-state index contributed by atoms with van der Waals surface area (Å²) in [6, 6.07) is 2.29. The summed E-state index contributed by atoms with van der Waals surface area (Å²) in [7, 11) is 0. The molecule has 1 aromatic rings. The number of hydrogen-bond donors (Lipinski definition) is 2. The number of amides is 4. The van der Waals surface area contributed by atoms with E-state index in [1.54, 1.807) is 39.8 Å². The number of anilines is 1. The van der Waals surface area contributed by atoms with Crippen LogP contribution in [-0.4, -0.2) is 88.2 Å². The lowest BCUT2D eigenvalue weighted by Crippen LogP contribution is -2.60. The van der Waals surface area contributed by atoms with Crippen molar-refractivity contribution in [3.63, 3.8) is 0 Å². The molecular weight excluding hydrogens is 571 g/mol. The first-order valence-electron chi connectivity index (χ1n) is 15.3. The number of alkyl halides is 1. The smallest absolute Gasteiger partial charge is 0.407 e. The fourth-order valence-electron chi connectivity index (χ4n) is 7.20. The van der Waals surface area contributed by atoms with Crippen LogP contribution < -0.4 is 15.4 Å². The number of ether oxygens (including phenoxy) is 2. The maximum atomic E-state index is 15.2. The molecular formula is C31H41FN6O6. The van der Waals surface area contributed by atoms with Gasteiger partial charge in [0.05, 0.1) is 19.2 Å². The summed E-state index contributed by atoms with van der Waals surface area (Å²) in [6.45, 7) is 9.19. The molecule has 0 aromatic carbocycles. The highest BCUT2D eigenvalue weighted by molar-refractivity contribution is 6.01. The maximum Gasteiger partial charge on any atom is 0.407 e. The molecule has 44 heavy (non-hydrogen) atoms. The van der Waals surface area contributed by atoms with Gasteiger partial charge in [-0.3, -0.25) is 14.4 Å². The van der Waals surface area contributed by atoms with Crippen molar-refractivity contribution in [1.29, 1.82) is 5.26 Å². The molecule has 1 saturated carbocycles. The average molecular weight is 613 g/mol. The quantitative estimate of drug-likeness (QED) is 0.515. The number of hydrogen-bond acceptors (Lipinski definition) is 8. The van der Waals surface area contributed by atoms with Crippen LogP contribution >= 0.6 is 0 Å². The van der Waals surface area contributed by atoms with E-state index < -0.39 is 71.0 Å². The highest BCUT2D eigenvalue weighted by Gasteiger charge is 2.60. The van der Waals surface area contributed by atoms with Crippen LogP contribution in [0.4, 0.5) is 15.0 Å². The van der Waals surface area contributed by atoms with Gasteiger partial charge < -0.3 is 29.9 Å². The predicted octanol–water partition coefficient (Wildman–Crippen LogP) is 3.04. The highest BCUT2D eigenvalue weighted by Crippen LogP contribution is 2.47. The van der Waals surface area contributed by atoms with Crippen LogP contribution in [0, 0.1) is 34.5 Å². The Bertz CT molecular complexity index is 1360. The van der Waals surface area contributed by atoms with E-state index in [0.29, 0.717) is 25.0 Å². The Hall–Kier alpha value is -3.95. The van der Waals surface area contributed by atoms with Gasteiger partial charge >= 0.3 is 6.09 Å². The number of pyridine rings is 1. The number of nitriles is 1. The van der Waals surface area contributed by atoms with Crippen LogP contribution in [0.5, 0.6) is 5.75 Å². The molecule has 4 heterocycles. The summed E-state index contributed by atoms with van der Waals surface area (Å²) in [4.78, 5) is 61.7. The third-order valence-corrected chi connectivity index (χ3v) is 9.49. The molecule has 2 saturated heterocycles. The van der Waals surface area contributed by atoms with E-state index in [1.165, 1.54) is 16.0 Å². The lowest BCUT2D eigenvalue weighted by Gasteiger charge is -2.40. The molecule has 0 bridgehead atoms. The zero-order valence-corrected chi connectivity index (χ0v) is 25.8. The van der Waals surface area contributed by atoms with Crippen molar-refractivity contribution in [3.05, 3.63) is 18.3 Å². The number of likely N-dealkylation sites (tertiary alicyclic amines) is 2. The molecule has 3 fully saturated rings. The Kier molecular flexibility index (Phi) is 8.48. The Morgan fingerprint density at radius 1 is 1.32 bits per heavy atom. The van der Waals surface area contributed by atoms with Crippen molar-refractivity contribution in [2.45, 2.75) is 90.2 Å². The minimum absolute atomic E-state index is 0.0824. The maximum absolute atomic E-state index is 15.2. The number of carbonyl (C=O) groups is 4. The van der Waals surface area contributed by atoms with Gasteiger partial charge in [-0.15, -0.1) is 0 Å². The molecule has 5 rings (SSSR count). The molecule has 1 aliphatic carbocycles. The molecule has 13 heteroatoms. The molecule has 12 nitrogen and oxygen atoms in total. The van der Waals surface area contributed by atoms with Gasteiger partial charge in [0.25, 0.3) is 5.91 Å². The Labute approximate surface area is 256 Å². The molecule has 8 atom stereocenters. The zero-order chi connectivity index (χ0) is 32.0. The van der Waals surface area contributed by atoms with E-state index in [1.807, 2.05) is 6.92 Å². The van der Waals surface area contributed by atoms with E-state index in [9.17, 15) is 24.4 Å². The molecule has 0 unspecified atom stereocenters. The van der Waals surface area contributed by atoms with Gasteiger partial charge in [-0.2, -0.15) is 5.26 Å². The monoisotopic (exact) mass is 612 g/mol. The predicted molar refractivity (Wildman–Crippen MR) is 156 cm³/mol. The van der Waals surface area contributed by atoms with Crippen LogP contribution in [0.15, 0.2) is 18.3 Å². The Balaban J connectivity index is 1.48. The number of alkyl carbamates (subject to hydrolysis) is 1. The fraction of sp³-hybridized carbons (Fsp3) is 0.677. The van der Waals surface area contributed by atoms with E-state index in [4.69, 9.17) is 9.47 Å². The topological polar surface area (TPSA) is 154 Å². The van der Waals surface area contributed by atoms with Gasteiger partial charge in [0.1, 0.15) is 24.3 Å². The number of nitrogens with zero attached hydrogens (tertiary/aromatic N) is 4. The molecule has 1 aromatic heterocycles. The van der Waals surface area contributed by atoms with E-state index >= 15 is 4.39 Å². The van der Waals surface area contributed by atoms with Crippen molar-refractivity contribution in [2.24, 2.45) is 23.2 Å². The standard InChI is InChI=1S/C31H41FN6O6/c1-6-12-43-29(42)35-24(30(3,4)5)27(40)37-15-18-9-10-20(32)17(2)22(18)23(37)26(39)38-16-31(13-19(38)14-33)28(41)36-25-21(44-31)8-7-11-34-25/h7-8,11,17-20,22-24H,6,9-10,12-13,15-16H2,1-5H3,(H,35,42)(H,34,36,41)/t17-,18+,19+,20-,22+,23+,24-,31-/m1/s1. The summed E-state index contributed by atoms with van der Waals surface area (Å²) >= 11 is 0. The van der Waals surface area contributed by atoms with Crippen molar-refractivity contribution in [1.82, 2.24) is 20.1 Å². The number of rotatable bonds is 5. The molecule has 1 spiro atoms. The fourth-order valence-corrected chi connectivity index (χ4v) is 7.20. The SMILES string of the molecule is CCCOC(=O)N[C@H](C(=O)N1C[C@@H]2CC[C@@H](F)[C@@H](C)[C@@H]2[C@H]1C(=O)N1C[C@@]2(C[C@H]1C#N)Oc1cccnc1NC2=O)C(C)(C)C. The molecule has 3 aliphatic heterocycles. The van der Waals surface area contributed by atoms with Gasteiger partial charge in [-0.25, -0.2) is 14.2 Å². The summed E-state index contributed by atoms with van der Waals surface area (Å²) in [5, 5.41) is 15.6. The molecule has 2 N–H and O–H groups in total. The first kappa shape index (κ1) is 31.5. The minimum Gasteiger partial charge on any atom is -0.472 e. The number of fused-ring (bicyclic) bond motifs is 2. The first-order chi connectivity index (χ1) is 20.8. The lowest BCUT2D eigenvalue weighted by molar-refractivity contribution is -0.149. The molecule has 4 aliphatic rings. The third kappa shape index (κ3) is 5.55. The summed E-state index contributed by atoms with van der Waals surface area (Å²) in [5.41, 5.74) is -2.28. The van der Waals surface area contributed by atoms with Crippen LogP contribution in [0.2, 0.25) is 0 Å². The van der Waals surface area contributed by atoms with Gasteiger partial charge in [0, 0.05) is 19.2 Å². The second-order valence-electron chi connectivity index (χ2n) is 13.5. The second-order valence-corrected chi connectivity index (χ2v) is 13.5. The second kappa shape index (κ2) is 11.9. The van der Waals surface area contributed by atoms with Crippen LogP contribution in [0.25, 0.3) is 0 Å². The van der Waals surface area contributed by atoms with Crippen molar-refractivity contribution >= 4 is 29.6 Å². The number of halogens is 1. The Morgan fingerprint density at radius 3 is 2.75 bits per heavy atom. The number of nitrogens with one attached hydrogen (secondary N) is 2. The van der Waals surface area contributed by atoms with E-state index in [-0.39, 0.29) is 37.9 Å². The van der Waals surface area contributed by atoms with Crippen LogP contribution in [0.1, 0.15) is 60.3 Å². The van der Waals surface area contributed by atoms with Crippen molar-refractivity contribution < 1.29 is 33.0 Å². The number of carbonyl (C=O) groups excluding carboxylic acids is 4. The van der Waals surface area contributed by atoms with Crippen molar-refractivity contribution in [2.75, 3.05) is 25.0 Å². The normalized spacial score (nSPS) is 31.7. The van der Waals surface area contributed by atoms with Gasteiger partial charge in [-0.1, -0.05) is 34.6 Å². The largest absolute Gasteiger partial charge is 0.472 e. The van der Waals surface area contributed by atoms with E-state index in [2.05, 4.69) is 21.7 Å². The van der Waals surface area contributed by atoms with Gasteiger partial charge in [0.2, 0.25) is 17.4 Å². The van der Waals surface area contributed by atoms with E-state index in [0.717, 1.165) is 0 Å². The van der Waals surface area contributed by atoms with Crippen molar-refractivity contribution in [3.8, 4) is 11.8 Å². The summed E-state index contributed by atoms with van der Waals surface area (Å²) in [5.74, 6) is -2.14. The highest BCUT2D eigenvalue weighted by atomic mass is 19.1. The minimum atomic E-state index is -1.53. The molecule has 238 valence electrons. The van der Waals surface area contributed by atoms with Crippen LogP contribution in [-0.2, 0) is 19.1 Å². The lowest BCUT2D eigenvalue weighted by atomic mass is 9.70. The Morgan fingerprint density at radius 2 is 2.07 bits per heavy atom. The summed E-state index contributed by atoms with van der Waals surface area (Å²) in [6.07, 6.45) is 0.963. The number of aromatic nitrogens is 1. The van der Waals surface area contributed by atoms with Crippen LogP contribution in [0.3, 0.4) is 0 Å².